The first-order chi connectivity index (χ1) is 14.4. The summed E-state index contributed by atoms with van der Waals surface area (Å²) in [6.45, 7) is 4.26. The van der Waals surface area contributed by atoms with Gasteiger partial charge in [0.1, 0.15) is 6.26 Å². The van der Waals surface area contributed by atoms with Gasteiger partial charge in [0.25, 0.3) is 0 Å². The van der Waals surface area contributed by atoms with Crippen LogP contribution in [0.15, 0.2) is 81.6 Å². The van der Waals surface area contributed by atoms with E-state index in [4.69, 9.17) is 4.42 Å². The van der Waals surface area contributed by atoms with Crippen LogP contribution in [0.5, 0.6) is 0 Å². The summed E-state index contributed by atoms with van der Waals surface area (Å²) in [6, 6.07) is 18.6. The molecule has 7 heteroatoms. The first-order valence-electron chi connectivity index (χ1n) is 9.53. The molecule has 0 unspecified atom stereocenters. The normalized spacial score (nSPS) is 11.8. The molecule has 4 rings (SSSR count). The number of nitrogens with zero attached hydrogens (tertiary/aromatic N) is 2. The van der Waals surface area contributed by atoms with E-state index in [0.717, 1.165) is 21.6 Å². The highest BCUT2D eigenvalue weighted by molar-refractivity contribution is 7.89. The molecule has 0 aliphatic rings. The van der Waals surface area contributed by atoms with Crippen molar-refractivity contribution in [3.05, 3.63) is 94.7 Å². The van der Waals surface area contributed by atoms with Gasteiger partial charge in [-0.15, -0.1) is 11.3 Å². The van der Waals surface area contributed by atoms with E-state index in [9.17, 15) is 8.42 Å². The van der Waals surface area contributed by atoms with Crippen molar-refractivity contribution in [3.8, 4) is 10.8 Å². The summed E-state index contributed by atoms with van der Waals surface area (Å²) in [5.41, 5.74) is 3.48. The average molecular weight is 439 g/mol. The lowest BCUT2D eigenvalue weighted by Crippen LogP contribution is -2.30. The van der Waals surface area contributed by atoms with E-state index >= 15 is 0 Å². The molecule has 2 heterocycles. The Morgan fingerprint density at radius 2 is 1.77 bits per heavy atom. The van der Waals surface area contributed by atoms with Crippen LogP contribution in [0.3, 0.4) is 0 Å². The summed E-state index contributed by atoms with van der Waals surface area (Å²) >= 11 is 1.53. The lowest BCUT2D eigenvalue weighted by molar-refractivity contribution is 0.396. The molecular weight excluding hydrogens is 416 g/mol. The third kappa shape index (κ3) is 4.38. The zero-order valence-corrected chi connectivity index (χ0v) is 18.4. The maximum Gasteiger partial charge on any atom is 0.243 e. The van der Waals surface area contributed by atoms with Crippen LogP contribution in [0, 0.1) is 13.8 Å². The van der Waals surface area contributed by atoms with Gasteiger partial charge in [0, 0.05) is 6.54 Å². The Morgan fingerprint density at radius 1 is 0.967 bits per heavy atom. The summed E-state index contributed by atoms with van der Waals surface area (Å²) in [5.74, 6) is 0.503. The van der Waals surface area contributed by atoms with Crippen LogP contribution in [0.2, 0.25) is 0 Å². The molecule has 0 radical (unpaired) electrons. The third-order valence-electron chi connectivity index (χ3n) is 4.94. The quantitative estimate of drug-likeness (QED) is 0.387. The minimum Gasteiger partial charge on any atom is -0.444 e. The second kappa shape index (κ2) is 8.55. The minimum atomic E-state index is -3.73. The Labute approximate surface area is 180 Å². The van der Waals surface area contributed by atoms with Crippen molar-refractivity contribution < 1.29 is 12.8 Å². The van der Waals surface area contributed by atoms with Crippen molar-refractivity contribution >= 4 is 21.4 Å². The fourth-order valence-corrected chi connectivity index (χ4v) is 5.25. The predicted molar refractivity (Wildman–Crippen MR) is 119 cm³/mol. The fraction of sp³-hybridized carbons (Fsp3) is 0.174. The van der Waals surface area contributed by atoms with Crippen LogP contribution in [0.25, 0.3) is 10.8 Å². The maximum absolute atomic E-state index is 13.5. The molecule has 0 aliphatic heterocycles. The Balaban J connectivity index is 1.68. The number of aromatic nitrogens is 1. The summed E-state index contributed by atoms with van der Waals surface area (Å²) < 4.78 is 34.1. The lowest BCUT2D eigenvalue weighted by Gasteiger charge is -2.22. The van der Waals surface area contributed by atoms with Gasteiger partial charge < -0.3 is 4.42 Å². The molecule has 2 aromatic heterocycles. The van der Waals surface area contributed by atoms with Crippen LogP contribution < -0.4 is 0 Å². The minimum absolute atomic E-state index is 0.124. The van der Waals surface area contributed by atoms with Gasteiger partial charge in [-0.05, 0) is 54.1 Å². The van der Waals surface area contributed by atoms with Gasteiger partial charge in [-0.2, -0.15) is 4.31 Å². The summed E-state index contributed by atoms with van der Waals surface area (Å²) in [4.78, 5) is 5.70. The molecular formula is C23H22N2O3S2. The van der Waals surface area contributed by atoms with E-state index < -0.39 is 10.0 Å². The van der Waals surface area contributed by atoms with E-state index in [0.29, 0.717) is 11.6 Å². The van der Waals surface area contributed by atoms with Crippen molar-refractivity contribution in [2.75, 3.05) is 0 Å². The van der Waals surface area contributed by atoms with Gasteiger partial charge in [-0.3, -0.25) is 0 Å². The van der Waals surface area contributed by atoms with Crippen molar-refractivity contribution in [3.63, 3.8) is 0 Å². The topological polar surface area (TPSA) is 63.4 Å². The van der Waals surface area contributed by atoms with E-state index in [1.165, 1.54) is 21.9 Å². The van der Waals surface area contributed by atoms with Gasteiger partial charge in [0.05, 0.1) is 22.0 Å². The molecule has 154 valence electrons. The molecule has 0 spiro atoms. The molecule has 0 bridgehead atoms. The molecule has 4 aromatic rings. The number of aryl methyl sites for hydroxylation is 2. The standard InChI is InChI=1S/C23H22N2O3S2/c1-17-10-11-21(13-18(17)2)30(26,27)25(14-19-7-4-3-5-8-19)15-20-16-28-23(24-20)22-9-6-12-29-22/h3-13,16H,14-15H2,1-2H3. The number of rotatable bonds is 7. The SMILES string of the molecule is Cc1ccc(S(=O)(=O)N(Cc2ccccc2)Cc2coc(-c3cccs3)n2)cc1C. The summed E-state index contributed by atoms with van der Waals surface area (Å²) in [6.07, 6.45) is 1.53. The van der Waals surface area contributed by atoms with Crippen molar-refractivity contribution in [1.82, 2.24) is 9.29 Å². The highest BCUT2D eigenvalue weighted by atomic mass is 32.2. The average Bonchev–Trinajstić information content (AvgIpc) is 3.42. The molecule has 0 amide bonds. The van der Waals surface area contributed by atoms with Gasteiger partial charge in [0.2, 0.25) is 15.9 Å². The third-order valence-corrected chi connectivity index (χ3v) is 7.59. The first-order valence-corrected chi connectivity index (χ1v) is 11.8. The zero-order valence-electron chi connectivity index (χ0n) is 16.8. The van der Waals surface area contributed by atoms with Crippen LogP contribution in [0.1, 0.15) is 22.4 Å². The number of benzene rings is 2. The molecule has 30 heavy (non-hydrogen) atoms. The Bertz CT molecular complexity index is 1230. The van der Waals surface area contributed by atoms with E-state index in [2.05, 4.69) is 4.98 Å². The Morgan fingerprint density at radius 3 is 2.47 bits per heavy atom. The van der Waals surface area contributed by atoms with Crippen LogP contribution >= 0.6 is 11.3 Å². The molecule has 0 saturated heterocycles. The van der Waals surface area contributed by atoms with Gasteiger partial charge in [0.15, 0.2) is 0 Å². The highest BCUT2D eigenvalue weighted by Gasteiger charge is 2.26. The molecule has 0 aliphatic carbocycles. The van der Waals surface area contributed by atoms with E-state index in [1.807, 2.05) is 67.8 Å². The highest BCUT2D eigenvalue weighted by Crippen LogP contribution is 2.26. The first kappa shape index (κ1) is 20.5. The monoisotopic (exact) mass is 438 g/mol. The smallest absolute Gasteiger partial charge is 0.243 e. The van der Waals surface area contributed by atoms with Gasteiger partial charge in [-0.1, -0.05) is 42.5 Å². The largest absolute Gasteiger partial charge is 0.444 e. The molecule has 5 nitrogen and oxygen atoms in total. The molecule has 0 fully saturated rings. The van der Waals surface area contributed by atoms with Crippen molar-refractivity contribution in [2.45, 2.75) is 31.8 Å². The number of oxazole rings is 1. The van der Waals surface area contributed by atoms with Gasteiger partial charge in [-0.25, -0.2) is 13.4 Å². The maximum atomic E-state index is 13.5. The fourth-order valence-electron chi connectivity index (χ4n) is 3.11. The molecule has 0 atom stereocenters. The predicted octanol–water partition coefficient (Wildman–Crippen LogP) is 5.41. The van der Waals surface area contributed by atoms with E-state index in [1.54, 1.807) is 12.1 Å². The number of thiophene rings is 1. The molecule has 2 aromatic carbocycles. The Hall–Kier alpha value is -2.74. The van der Waals surface area contributed by atoms with Crippen molar-refractivity contribution in [2.24, 2.45) is 0 Å². The molecule has 0 N–H and O–H groups in total. The second-order valence-electron chi connectivity index (χ2n) is 7.13. The summed E-state index contributed by atoms with van der Waals surface area (Å²) in [5, 5.41) is 1.95. The summed E-state index contributed by atoms with van der Waals surface area (Å²) in [7, 11) is -3.73. The molecule has 0 saturated carbocycles. The number of hydrogen-bond donors (Lipinski definition) is 0. The Kier molecular flexibility index (Phi) is 5.85. The van der Waals surface area contributed by atoms with Crippen molar-refractivity contribution in [1.29, 1.82) is 0 Å². The number of sulfonamides is 1. The van der Waals surface area contributed by atoms with E-state index in [-0.39, 0.29) is 18.0 Å². The second-order valence-corrected chi connectivity index (χ2v) is 10.0. The van der Waals surface area contributed by atoms with Crippen LogP contribution in [-0.2, 0) is 23.1 Å². The van der Waals surface area contributed by atoms with Crippen LogP contribution in [-0.4, -0.2) is 17.7 Å². The van der Waals surface area contributed by atoms with Crippen LogP contribution in [0.4, 0.5) is 0 Å². The zero-order chi connectivity index (χ0) is 21.1. The number of hydrogen-bond acceptors (Lipinski definition) is 5. The lowest BCUT2D eigenvalue weighted by atomic mass is 10.1. The van der Waals surface area contributed by atoms with Gasteiger partial charge >= 0.3 is 0 Å².